The maximum atomic E-state index is 11.0. The Morgan fingerprint density at radius 1 is 1.56 bits per heavy atom. The third-order valence-electron chi connectivity index (χ3n) is 3.52. The molecule has 0 aromatic rings. The van der Waals surface area contributed by atoms with E-state index in [0.29, 0.717) is 0 Å². The van der Waals surface area contributed by atoms with Gasteiger partial charge in [-0.1, -0.05) is 6.92 Å². The molecule has 0 spiro atoms. The molecule has 1 saturated heterocycles. The number of rotatable bonds is 7. The number of nitrogens with zero attached hydrogens (tertiary/aromatic N) is 2. The van der Waals surface area contributed by atoms with E-state index < -0.39 is 0 Å². The van der Waals surface area contributed by atoms with Crippen LogP contribution in [-0.4, -0.2) is 43.0 Å². The highest BCUT2D eigenvalue weighted by Gasteiger charge is 2.23. The van der Waals surface area contributed by atoms with Crippen LogP contribution in [0.25, 0.3) is 0 Å². The Bertz CT molecular complexity index is 292. The molecule has 1 atom stereocenters. The molecular formula is C13H24N4O. The van der Waals surface area contributed by atoms with Crippen LogP contribution in [0.1, 0.15) is 32.6 Å². The molecule has 0 saturated carbocycles. The molecule has 5 heteroatoms. The van der Waals surface area contributed by atoms with Gasteiger partial charge in [-0.3, -0.25) is 4.79 Å². The number of nitriles is 1. The van der Waals surface area contributed by atoms with Crippen LogP contribution in [0.5, 0.6) is 0 Å². The van der Waals surface area contributed by atoms with Gasteiger partial charge in [0.05, 0.1) is 12.1 Å². The van der Waals surface area contributed by atoms with Crippen molar-refractivity contribution >= 4 is 5.91 Å². The molecule has 1 aliphatic rings. The molecule has 1 fully saturated rings. The van der Waals surface area contributed by atoms with Crippen molar-refractivity contribution in [1.82, 2.24) is 10.2 Å². The van der Waals surface area contributed by atoms with Crippen molar-refractivity contribution in [1.29, 1.82) is 5.26 Å². The van der Waals surface area contributed by atoms with E-state index in [4.69, 9.17) is 11.0 Å². The van der Waals surface area contributed by atoms with E-state index >= 15 is 0 Å². The average Bonchev–Trinajstić information content (AvgIpc) is 2.39. The van der Waals surface area contributed by atoms with Crippen LogP contribution in [0, 0.1) is 17.2 Å². The van der Waals surface area contributed by atoms with Crippen LogP contribution >= 0.6 is 0 Å². The van der Waals surface area contributed by atoms with Gasteiger partial charge in [0.15, 0.2) is 0 Å². The van der Waals surface area contributed by atoms with Gasteiger partial charge >= 0.3 is 0 Å². The number of amides is 1. The van der Waals surface area contributed by atoms with Gasteiger partial charge in [0, 0.05) is 12.5 Å². The lowest BCUT2D eigenvalue weighted by molar-refractivity contribution is -0.123. The first-order valence-corrected chi connectivity index (χ1v) is 6.82. The molecule has 0 aliphatic carbocycles. The predicted octanol–water partition coefficient (Wildman–Crippen LogP) is 0.466. The fourth-order valence-electron chi connectivity index (χ4n) is 2.28. The van der Waals surface area contributed by atoms with Crippen LogP contribution in [-0.2, 0) is 4.79 Å². The second kappa shape index (κ2) is 8.06. The fourth-order valence-corrected chi connectivity index (χ4v) is 2.28. The summed E-state index contributed by atoms with van der Waals surface area (Å²) in [5, 5.41) is 12.2. The summed E-state index contributed by atoms with van der Waals surface area (Å²) in [5.41, 5.74) is 5.30. The quantitative estimate of drug-likeness (QED) is 0.690. The lowest BCUT2D eigenvalue weighted by Crippen LogP contribution is -2.40. The summed E-state index contributed by atoms with van der Waals surface area (Å²) in [7, 11) is 0. The van der Waals surface area contributed by atoms with Gasteiger partial charge in [0.2, 0.25) is 5.91 Å². The molecule has 1 aliphatic heterocycles. The highest BCUT2D eigenvalue weighted by atomic mass is 16.1. The average molecular weight is 252 g/mol. The van der Waals surface area contributed by atoms with Crippen molar-refractivity contribution in [2.75, 3.05) is 26.2 Å². The summed E-state index contributed by atoms with van der Waals surface area (Å²) in [6.45, 7) is 5.73. The second-order valence-corrected chi connectivity index (χ2v) is 4.94. The molecule has 0 radical (unpaired) electrons. The number of nitrogens with two attached hydrogens (primary N) is 1. The van der Waals surface area contributed by atoms with E-state index in [1.54, 1.807) is 0 Å². The van der Waals surface area contributed by atoms with E-state index in [0.717, 1.165) is 51.9 Å². The zero-order valence-corrected chi connectivity index (χ0v) is 11.2. The Kier molecular flexibility index (Phi) is 6.69. The van der Waals surface area contributed by atoms with Crippen LogP contribution in [0.4, 0.5) is 0 Å². The SMILES string of the molecule is CCCNC(C#N)CCN1CCC(C(N)=O)CC1. The lowest BCUT2D eigenvalue weighted by atomic mass is 9.96. The number of piperidine rings is 1. The minimum absolute atomic E-state index is 0.0474. The molecule has 1 rings (SSSR count). The molecule has 1 unspecified atom stereocenters. The van der Waals surface area contributed by atoms with Gasteiger partial charge in [-0.15, -0.1) is 0 Å². The Morgan fingerprint density at radius 3 is 2.72 bits per heavy atom. The summed E-state index contributed by atoms with van der Waals surface area (Å²) in [6, 6.07) is 2.23. The number of hydrogen-bond acceptors (Lipinski definition) is 4. The maximum Gasteiger partial charge on any atom is 0.220 e. The van der Waals surface area contributed by atoms with Crippen molar-refractivity contribution in [2.24, 2.45) is 11.7 Å². The van der Waals surface area contributed by atoms with Gasteiger partial charge < -0.3 is 16.0 Å². The molecule has 18 heavy (non-hydrogen) atoms. The first kappa shape index (κ1) is 14.9. The highest BCUT2D eigenvalue weighted by Crippen LogP contribution is 2.16. The molecule has 0 aromatic carbocycles. The van der Waals surface area contributed by atoms with E-state index in [9.17, 15) is 4.79 Å². The van der Waals surface area contributed by atoms with Crippen molar-refractivity contribution in [3.63, 3.8) is 0 Å². The topological polar surface area (TPSA) is 82.2 Å². The monoisotopic (exact) mass is 252 g/mol. The standard InChI is InChI=1S/C13H24N4O/c1-2-6-16-12(10-14)5-9-17-7-3-11(4-8-17)13(15)18/h11-12,16H,2-9H2,1H3,(H2,15,18). The van der Waals surface area contributed by atoms with E-state index in [1.807, 2.05) is 0 Å². The number of carbonyl (C=O) groups excluding carboxylic acids is 1. The van der Waals surface area contributed by atoms with Gasteiger partial charge in [0.25, 0.3) is 0 Å². The minimum atomic E-state index is -0.172. The van der Waals surface area contributed by atoms with Crippen LogP contribution in [0.3, 0.4) is 0 Å². The number of primary amides is 1. The Hall–Kier alpha value is -1.12. The van der Waals surface area contributed by atoms with Gasteiger partial charge in [-0.25, -0.2) is 0 Å². The molecule has 0 aromatic heterocycles. The summed E-state index contributed by atoms with van der Waals surface area (Å²) < 4.78 is 0. The zero-order valence-electron chi connectivity index (χ0n) is 11.2. The molecule has 102 valence electrons. The molecule has 3 N–H and O–H groups in total. The van der Waals surface area contributed by atoms with Gasteiger partial charge in [-0.05, 0) is 45.3 Å². The van der Waals surface area contributed by atoms with E-state index in [2.05, 4.69) is 23.2 Å². The second-order valence-electron chi connectivity index (χ2n) is 4.94. The molecule has 5 nitrogen and oxygen atoms in total. The van der Waals surface area contributed by atoms with Crippen molar-refractivity contribution in [3.05, 3.63) is 0 Å². The Labute approximate surface area is 109 Å². The number of carbonyl (C=O) groups is 1. The number of nitrogens with one attached hydrogen (secondary N) is 1. The third kappa shape index (κ3) is 5.03. The summed E-state index contributed by atoms with van der Waals surface area (Å²) in [6.07, 6.45) is 3.60. The largest absolute Gasteiger partial charge is 0.369 e. The lowest BCUT2D eigenvalue weighted by Gasteiger charge is -2.30. The summed E-state index contributed by atoms with van der Waals surface area (Å²) in [5.74, 6) is -0.125. The maximum absolute atomic E-state index is 11.0. The normalized spacial score (nSPS) is 19.3. The predicted molar refractivity (Wildman–Crippen MR) is 70.7 cm³/mol. The van der Waals surface area contributed by atoms with Crippen LogP contribution in [0.2, 0.25) is 0 Å². The first-order valence-electron chi connectivity index (χ1n) is 6.82. The van der Waals surface area contributed by atoms with Crippen molar-refractivity contribution < 1.29 is 4.79 Å². The van der Waals surface area contributed by atoms with Crippen LogP contribution in [0.15, 0.2) is 0 Å². The zero-order chi connectivity index (χ0) is 13.4. The molecule has 1 amide bonds. The number of likely N-dealkylation sites (tertiary alicyclic amines) is 1. The summed E-state index contributed by atoms with van der Waals surface area (Å²) in [4.78, 5) is 13.4. The van der Waals surface area contributed by atoms with Crippen molar-refractivity contribution in [3.8, 4) is 6.07 Å². The highest BCUT2D eigenvalue weighted by molar-refractivity contribution is 5.76. The number of hydrogen-bond donors (Lipinski definition) is 2. The van der Waals surface area contributed by atoms with E-state index in [-0.39, 0.29) is 17.9 Å². The molecule has 1 heterocycles. The smallest absolute Gasteiger partial charge is 0.220 e. The van der Waals surface area contributed by atoms with E-state index in [1.165, 1.54) is 0 Å². The summed E-state index contributed by atoms with van der Waals surface area (Å²) >= 11 is 0. The first-order chi connectivity index (χ1) is 8.67. The Balaban J connectivity index is 2.20. The minimum Gasteiger partial charge on any atom is -0.369 e. The molecule has 0 bridgehead atoms. The van der Waals surface area contributed by atoms with Gasteiger partial charge in [0.1, 0.15) is 0 Å². The fraction of sp³-hybridized carbons (Fsp3) is 0.846. The van der Waals surface area contributed by atoms with Crippen molar-refractivity contribution in [2.45, 2.75) is 38.6 Å². The van der Waals surface area contributed by atoms with Crippen LogP contribution < -0.4 is 11.1 Å². The third-order valence-corrected chi connectivity index (χ3v) is 3.52. The van der Waals surface area contributed by atoms with Gasteiger partial charge in [-0.2, -0.15) is 5.26 Å². The Morgan fingerprint density at radius 2 is 2.22 bits per heavy atom. The molecular weight excluding hydrogens is 228 g/mol.